The highest BCUT2D eigenvalue weighted by Crippen LogP contribution is 2.19. The third-order valence-corrected chi connectivity index (χ3v) is 2.56. The molecule has 0 saturated carbocycles. The van der Waals surface area contributed by atoms with Crippen LogP contribution in [0.25, 0.3) is 0 Å². The van der Waals surface area contributed by atoms with Gasteiger partial charge in [0, 0.05) is 13.0 Å². The molecule has 80 valence electrons. The van der Waals surface area contributed by atoms with Crippen LogP contribution in [0.3, 0.4) is 0 Å². The normalized spacial score (nSPS) is 10.0. The van der Waals surface area contributed by atoms with Gasteiger partial charge in [-0.3, -0.25) is 4.79 Å². The number of rotatable bonds is 4. The van der Waals surface area contributed by atoms with E-state index in [1.807, 2.05) is 13.8 Å². The summed E-state index contributed by atoms with van der Waals surface area (Å²) < 4.78 is 3.78. The van der Waals surface area contributed by atoms with Crippen molar-refractivity contribution >= 4 is 17.4 Å². The summed E-state index contributed by atoms with van der Waals surface area (Å²) in [6.07, 6.45) is 5.62. The number of aromatic nitrogens is 2. The molecule has 1 heterocycles. The number of hydrogen-bond acceptors (Lipinski definition) is 4. The van der Waals surface area contributed by atoms with Crippen molar-refractivity contribution in [1.82, 2.24) is 14.9 Å². The summed E-state index contributed by atoms with van der Waals surface area (Å²) >= 11 is 1.12. The van der Waals surface area contributed by atoms with Crippen molar-refractivity contribution in [2.75, 3.05) is 6.54 Å². The zero-order chi connectivity index (χ0) is 11.3. The molecule has 0 radical (unpaired) electrons. The maximum absolute atomic E-state index is 11.7. The molecule has 15 heavy (non-hydrogen) atoms. The molecule has 0 aliphatic rings. The Hall–Kier alpha value is -1.41. The summed E-state index contributed by atoms with van der Waals surface area (Å²) in [6.45, 7) is 4.45. The summed E-state index contributed by atoms with van der Waals surface area (Å²) in [4.78, 5) is 12.2. The highest BCUT2D eigenvalue weighted by atomic mass is 32.1. The van der Waals surface area contributed by atoms with Crippen molar-refractivity contribution in [3.63, 3.8) is 0 Å². The lowest BCUT2D eigenvalue weighted by Crippen LogP contribution is -2.24. The van der Waals surface area contributed by atoms with Gasteiger partial charge in [0.1, 0.15) is 4.88 Å². The highest BCUT2D eigenvalue weighted by molar-refractivity contribution is 7.08. The van der Waals surface area contributed by atoms with Gasteiger partial charge in [0.25, 0.3) is 5.91 Å². The molecule has 0 saturated heterocycles. The average molecular weight is 223 g/mol. The SMILES string of the molecule is C#CCCNC(=O)c1snnc1C(C)C. The molecule has 5 heteroatoms. The van der Waals surface area contributed by atoms with E-state index in [1.165, 1.54) is 0 Å². The van der Waals surface area contributed by atoms with Gasteiger partial charge in [-0.05, 0) is 17.5 Å². The molecule has 0 aliphatic carbocycles. The third kappa shape index (κ3) is 3.03. The predicted molar refractivity (Wildman–Crippen MR) is 59.8 cm³/mol. The standard InChI is InChI=1S/C10H13N3OS/c1-4-5-6-11-10(14)9-8(7(2)3)12-13-15-9/h1,7H,5-6H2,2-3H3,(H,11,14). The lowest BCUT2D eigenvalue weighted by Gasteiger charge is -2.04. The van der Waals surface area contributed by atoms with Crippen LogP contribution < -0.4 is 5.32 Å². The molecule has 1 amide bonds. The summed E-state index contributed by atoms with van der Waals surface area (Å²) in [5, 5.41) is 6.66. The van der Waals surface area contributed by atoms with Gasteiger partial charge >= 0.3 is 0 Å². The largest absolute Gasteiger partial charge is 0.350 e. The van der Waals surface area contributed by atoms with Crippen molar-refractivity contribution < 1.29 is 4.79 Å². The van der Waals surface area contributed by atoms with E-state index >= 15 is 0 Å². The number of amides is 1. The Balaban J connectivity index is 2.66. The second-order valence-electron chi connectivity index (χ2n) is 3.35. The molecule has 4 nitrogen and oxygen atoms in total. The van der Waals surface area contributed by atoms with Gasteiger partial charge in [-0.25, -0.2) is 0 Å². The zero-order valence-electron chi connectivity index (χ0n) is 8.78. The Labute approximate surface area is 93.3 Å². The fourth-order valence-electron chi connectivity index (χ4n) is 1.06. The van der Waals surface area contributed by atoms with E-state index in [9.17, 15) is 4.79 Å². The summed E-state index contributed by atoms with van der Waals surface area (Å²) in [5.74, 6) is 2.53. The molecule has 1 N–H and O–H groups in total. The van der Waals surface area contributed by atoms with E-state index in [1.54, 1.807) is 0 Å². The van der Waals surface area contributed by atoms with Crippen LogP contribution in [0.1, 0.15) is 41.6 Å². The highest BCUT2D eigenvalue weighted by Gasteiger charge is 2.17. The maximum atomic E-state index is 11.7. The van der Waals surface area contributed by atoms with Gasteiger partial charge in [-0.15, -0.1) is 17.4 Å². The first-order valence-corrected chi connectivity index (χ1v) is 5.48. The van der Waals surface area contributed by atoms with Crippen LogP contribution in [0.15, 0.2) is 0 Å². The summed E-state index contributed by atoms with van der Waals surface area (Å²) in [7, 11) is 0. The topological polar surface area (TPSA) is 54.9 Å². The molecule has 1 aromatic heterocycles. The van der Waals surface area contributed by atoms with Crippen LogP contribution in [-0.4, -0.2) is 22.0 Å². The van der Waals surface area contributed by atoms with Crippen LogP contribution in [0.5, 0.6) is 0 Å². The molecule has 0 aromatic carbocycles. The van der Waals surface area contributed by atoms with E-state index in [0.29, 0.717) is 17.8 Å². The first-order valence-electron chi connectivity index (χ1n) is 4.70. The third-order valence-electron chi connectivity index (χ3n) is 1.82. The van der Waals surface area contributed by atoms with E-state index < -0.39 is 0 Å². The maximum Gasteiger partial charge on any atom is 0.264 e. The van der Waals surface area contributed by atoms with Crippen molar-refractivity contribution in [3.8, 4) is 12.3 Å². The Bertz CT molecular complexity index is 378. The minimum absolute atomic E-state index is 0.135. The molecule has 0 fully saturated rings. The van der Waals surface area contributed by atoms with Crippen LogP contribution in [0.2, 0.25) is 0 Å². The monoisotopic (exact) mass is 223 g/mol. The smallest absolute Gasteiger partial charge is 0.264 e. The van der Waals surface area contributed by atoms with Crippen LogP contribution >= 0.6 is 11.5 Å². The fourth-order valence-corrected chi connectivity index (χ4v) is 1.80. The molecular formula is C10H13N3OS. The lowest BCUT2D eigenvalue weighted by molar-refractivity contribution is 0.0957. The molecule has 1 rings (SSSR count). The lowest BCUT2D eigenvalue weighted by atomic mass is 10.1. The van der Waals surface area contributed by atoms with Crippen molar-refractivity contribution in [2.24, 2.45) is 0 Å². The quantitative estimate of drug-likeness (QED) is 0.620. The Morgan fingerprint density at radius 3 is 3.00 bits per heavy atom. The molecule has 0 aliphatic heterocycles. The molecule has 0 unspecified atom stereocenters. The first-order chi connectivity index (χ1) is 7.16. The Morgan fingerprint density at radius 2 is 2.40 bits per heavy atom. The summed E-state index contributed by atoms with van der Waals surface area (Å²) in [6, 6.07) is 0. The second-order valence-corrected chi connectivity index (χ2v) is 4.11. The molecule has 0 atom stereocenters. The molecule has 0 spiro atoms. The van der Waals surface area contributed by atoms with Gasteiger partial charge in [-0.1, -0.05) is 18.3 Å². The van der Waals surface area contributed by atoms with Gasteiger partial charge in [-0.2, -0.15) is 0 Å². The second kappa shape index (κ2) is 5.47. The Kier molecular flexibility index (Phi) is 4.25. The number of nitrogens with one attached hydrogen (secondary N) is 1. The number of hydrogen-bond donors (Lipinski definition) is 1. The molecule has 1 aromatic rings. The van der Waals surface area contributed by atoms with Crippen molar-refractivity contribution in [3.05, 3.63) is 10.6 Å². The minimum Gasteiger partial charge on any atom is -0.350 e. The van der Waals surface area contributed by atoms with Crippen LogP contribution in [0, 0.1) is 12.3 Å². The van der Waals surface area contributed by atoms with Gasteiger partial charge in [0.05, 0.1) is 5.69 Å². The van der Waals surface area contributed by atoms with Crippen LogP contribution in [-0.2, 0) is 0 Å². The predicted octanol–water partition coefficient (Wildman–Crippen LogP) is 1.41. The van der Waals surface area contributed by atoms with Gasteiger partial charge in [0.15, 0.2) is 0 Å². The number of terminal acetylenes is 1. The van der Waals surface area contributed by atoms with E-state index in [0.717, 1.165) is 17.2 Å². The Morgan fingerprint density at radius 1 is 1.67 bits per heavy atom. The van der Waals surface area contributed by atoms with E-state index in [4.69, 9.17) is 6.42 Å². The van der Waals surface area contributed by atoms with Gasteiger partial charge < -0.3 is 5.32 Å². The van der Waals surface area contributed by atoms with Gasteiger partial charge in [0.2, 0.25) is 0 Å². The summed E-state index contributed by atoms with van der Waals surface area (Å²) in [5.41, 5.74) is 0.748. The van der Waals surface area contributed by atoms with Crippen LogP contribution in [0.4, 0.5) is 0 Å². The van der Waals surface area contributed by atoms with E-state index in [-0.39, 0.29) is 11.8 Å². The average Bonchev–Trinajstić information content (AvgIpc) is 2.66. The first kappa shape index (κ1) is 11.7. The van der Waals surface area contributed by atoms with E-state index in [2.05, 4.69) is 20.8 Å². The number of nitrogens with zero attached hydrogens (tertiary/aromatic N) is 2. The molecular weight excluding hydrogens is 210 g/mol. The van der Waals surface area contributed by atoms with Crippen molar-refractivity contribution in [1.29, 1.82) is 0 Å². The minimum atomic E-state index is -0.135. The molecule has 0 bridgehead atoms. The zero-order valence-corrected chi connectivity index (χ0v) is 9.60. The number of carbonyl (C=O) groups excluding carboxylic acids is 1. The number of carbonyl (C=O) groups is 1. The van der Waals surface area contributed by atoms with Crippen molar-refractivity contribution in [2.45, 2.75) is 26.2 Å². The fraction of sp³-hybridized carbons (Fsp3) is 0.500.